The molecule has 3 rings (SSSR count). The summed E-state index contributed by atoms with van der Waals surface area (Å²) in [4.78, 5) is 26.8. The fraction of sp³-hybridized carbons (Fsp3) is 0.625. The largest absolute Gasteiger partial charge is 0.456 e. The van der Waals surface area contributed by atoms with Crippen LogP contribution in [0.2, 0.25) is 0 Å². The van der Waals surface area contributed by atoms with Gasteiger partial charge < -0.3 is 24.5 Å². The summed E-state index contributed by atoms with van der Waals surface area (Å²) in [5.74, 6) is 0.460. The Balaban J connectivity index is 1.84. The standard InChI is InChI=1S/C16H22N2O5/c1-10-11(7-19)5-13(23-10)14(20)18-6-12-8-22-4-3-16(12,9-18)15(21)17-2/h5,12,19H,3-4,6-9H2,1-2H3,(H,17,21)/t12-,16+/m1/s1. The van der Waals surface area contributed by atoms with E-state index in [0.29, 0.717) is 44.0 Å². The molecule has 23 heavy (non-hydrogen) atoms. The molecular formula is C16H22N2O5. The summed E-state index contributed by atoms with van der Waals surface area (Å²) in [6.45, 7) is 3.40. The second kappa shape index (κ2) is 5.98. The lowest BCUT2D eigenvalue weighted by Gasteiger charge is -2.36. The molecule has 0 spiro atoms. The number of aliphatic hydroxyl groups is 1. The fourth-order valence-corrected chi connectivity index (χ4v) is 3.66. The molecular weight excluding hydrogens is 300 g/mol. The lowest BCUT2D eigenvalue weighted by Crippen LogP contribution is -2.49. The van der Waals surface area contributed by atoms with Crippen molar-refractivity contribution in [1.29, 1.82) is 0 Å². The number of hydrogen-bond acceptors (Lipinski definition) is 5. The van der Waals surface area contributed by atoms with Gasteiger partial charge in [0.1, 0.15) is 5.76 Å². The Kier molecular flexibility index (Phi) is 4.16. The highest BCUT2D eigenvalue weighted by atomic mass is 16.5. The SMILES string of the molecule is CNC(=O)[C@]12CCOC[C@H]1CN(C(=O)c1cc(CO)c(C)o1)C2. The molecule has 2 atom stereocenters. The van der Waals surface area contributed by atoms with E-state index in [1.54, 1.807) is 24.9 Å². The fourth-order valence-electron chi connectivity index (χ4n) is 3.66. The predicted molar refractivity (Wildman–Crippen MR) is 80.7 cm³/mol. The highest BCUT2D eigenvalue weighted by Gasteiger charge is 2.54. The molecule has 0 saturated carbocycles. The number of hydrogen-bond donors (Lipinski definition) is 2. The van der Waals surface area contributed by atoms with Crippen LogP contribution in [0.25, 0.3) is 0 Å². The van der Waals surface area contributed by atoms with Crippen LogP contribution in [-0.4, -0.2) is 55.2 Å². The average molecular weight is 322 g/mol. The Morgan fingerprint density at radius 2 is 2.30 bits per heavy atom. The van der Waals surface area contributed by atoms with Crippen LogP contribution in [0.4, 0.5) is 0 Å². The van der Waals surface area contributed by atoms with Gasteiger partial charge in [-0.25, -0.2) is 0 Å². The van der Waals surface area contributed by atoms with E-state index in [9.17, 15) is 14.7 Å². The molecule has 7 nitrogen and oxygen atoms in total. The first-order valence-electron chi connectivity index (χ1n) is 7.81. The van der Waals surface area contributed by atoms with Crippen molar-refractivity contribution in [2.45, 2.75) is 20.0 Å². The quantitative estimate of drug-likeness (QED) is 0.835. The van der Waals surface area contributed by atoms with Crippen LogP contribution in [0.1, 0.15) is 28.3 Å². The maximum Gasteiger partial charge on any atom is 0.289 e. The molecule has 1 aromatic rings. The van der Waals surface area contributed by atoms with E-state index in [1.165, 1.54) is 0 Å². The molecule has 0 unspecified atom stereocenters. The molecule has 2 aliphatic rings. The molecule has 0 aliphatic carbocycles. The molecule has 1 aromatic heterocycles. The van der Waals surface area contributed by atoms with Gasteiger partial charge in [0.25, 0.3) is 5.91 Å². The molecule has 2 N–H and O–H groups in total. The van der Waals surface area contributed by atoms with Gasteiger partial charge in [0, 0.05) is 38.2 Å². The number of carbonyl (C=O) groups excluding carboxylic acids is 2. The topological polar surface area (TPSA) is 92.0 Å². The van der Waals surface area contributed by atoms with Gasteiger partial charge in [-0.05, 0) is 19.4 Å². The maximum absolute atomic E-state index is 12.7. The van der Waals surface area contributed by atoms with Gasteiger partial charge in [-0.3, -0.25) is 9.59 Å². The van der Waals surface area contributed by atoms with Gasteiger partial charge in [-0.15, -0.1) is 0 Å². The van der Waals surface area contributed by atoms with Crippen molar-refractivity contribution in [1.82, 2.24) is 10.2 Å². The van der Waals surface area contributed by atoms with Crippen LogP contribution in [0.15, 0.2) is 10.5 Å². The molecule has 3 heterocycles. The van der Waals surface area contributed by atoms with E-state index in [1.807, 2.05) is 0 Å². The summed E-state index contributed by atoms with van der Waals surface area (Å²) in [6.07, 6.45) is 0.611. The van der Waals surface area contributed by atoms with E-state index in [4.69, 9.17) is 9.15 Å². The van der Waals surface area contributed by atoms with Crippen molar-refractivity contribution in [2.75, 3.05) is 33.4 Å². The Hall–Kier alpha value is -1.86. The van der Waals surface area contributed by atoms with Crippen LogP contribution in [0.3, 0.4) is 0 Å². The van der Waals surface area contributed by atoms with Gasteiger partial charge in [-0.1, -0.05) is 0 Å². The number of furan rings is 1. The van der Waals surface area contributed by atoms with E-state index >= 15 is 0 Å². The minimum atomic E-state index is -0.579. The van der Waals surface area contributed by atoms with E-state index < -0.39 is 5.41 Å². The number of carbonyl (C=O) groups is 2. The number of amides is 2. The Bertz CT molecular complexity index is 626. The Morgan fingerprint density at radius 1 is 1.52 bits per heavy atom. The third-order valence-electron chi connectivity index (χ3n) is 5.08. The van der Waals surface area contributed by atoms with Crippen molar-refractivity contribution < 1.29 is 23.8 Å². The number of nitrogens with one attached hydrogen (secondary N) is 1. The van der Waals surface area contributed by atoms with E-state index in [0.717, 1.165) is 0 Å². The van der Waals surface area contributed by atoms with Gasteiger partial charge in [0.05, 0.1) is 18.6 Å². The molecule has 7 heteroatoms. The van der Waals surface area contributed by atoms with Crippen LogP contribution < -0.4 is 5.32 Å². The number of ether oxygens (including phenoxy) is 1. The van der Waals surface area contributed by atoms with Crippen LogP contribution in [0.5, 0.6) is 0 Å². The highest BCUT2D eigenvalue weighted by Crippen LogP contribution is 2.42. The van der Waals surface area contributed by atoms with Crippen LogP contribution in [-0.2, 0) is 16.1 Å². The smallest absolute Gasteiger partial charge is 0.289 e. The molecule has 2 amide bonds. The monoisotopic (exact) mass is 322 g/mol. The summed E-state index contributed by atoms with van der Waals surface area (Å²) >= 11 is 0. The molecule has 0 radical (unpaired) electrons. The minimum absolute atomic E-state index is 0.00600. The molecule has 2 fully saturated rings. The third-order valence-corrected chi connectivity index (χ3v) is 5.08. The van der Waals surface area contributed by atoms with E-state index in [2.05, 4.69) is 5.32 Å². The first-order chi connectivity index (χ1) is 11.0. The molecule has 2 aliphatic heterocycles. The zero-order valence-electron chi connectivity index (χ0n) is 13.4. The summed E-state index contributed by atoms with van der Waals surface area (Å²) in [5.41, 5.74) is 0.0266. The summed E-state index contributed by atoms with van der Waals surface area (Å²) in [6, 6.07) is 1.57. The summed E-state index contributed by atoms with van der Waals surface area (Å²) in [5, 5.41) is 12.0. The second-order valence-corrected chi connectivity index (χ2v) is 6.29. The Morgan fingerprint density at radius 3 is 2.96 bits per heavy atom. The normalized spacial score (nSPS) is 26.9. The van der Waals surface area contributed by atoms with Gasteiger partial charge in [0.2, 0.25) is 5.91 Å². The summed E-state index contributed by atoms with van der Waals surface area (Å²) in [7, 11) is 1.62. The third kappa shape index (κ3) is 2.53. The summed E-state index contributed by atoms with van der Waals surface area (Å²) < 4.78 is 11.0. The molecule has 2 saturated heterocycles. The van der Waals surface area contributed by atoms with Crippen LogP contribution in [0, 0.1) is 18.3 Å². The van der Waals surface area contributed by atoms with Crippen molar-refractivity contribution in [3.05, 3.63) is 23.2 Å². The van der Waals surface area contributed by atoms with Gasteiger partial charge in [0.15, 0.2) is 5.76 Å². The number of aliphatic hydroxyl groups excluding tert-OH is 1. The predicted octanol–water partition coefficient (Wildman–Crippen LogP) is 0.305. The number of aryl methyl sites for hydroxylation is 1. The van der Waals surface area contributed by atoms with Crippen molar-refractivity contribution in [3.63, 3.8) is 0 Å². The number of fused-ring (bicyclic) bond motifs is 1. The molecule has 0 bridgehead atoms. The molecule has 0 aromatic carbocycles. The lowest BCUT2D eigenvalue weighted by atomic mass is 9.73. The zero-order valence-corrected chi connectivity index (χ0v) is 13.4. The second-order valence-electron chi connectivity index (χ2n) is 6.29. The zero-order chi connectivity index (χ0) is 16.6. The van der Waals surface area contributed by atoms with Gasteiger partial charge >= 0.3 is 0 Å². The van der Waals surface area contributed by atoms with Gasteiger partial charge in [-0.2, -0.15) is 0 Å². The maximum atomic E-state index is 12.7. The van der Waals surface area contributed by atoms with Crippen LogP contribution >= 0.6 is 0 Å². The molecule has 126 valence electrons. The van der Waals surface area contributed by atoms with Crippen molar-refractivity contribution in [3.8, 4) is 0 Å². The first kappa shape index (κ1) is 16.0. The lowest BCUT2D eigenvalue weighted by molar-refractivity contribution is -0.138. The van der Waals surface area contributed by atoms with E-state index in [-0.39, 0.29) is 30.1 Å². The number of likely N-dealkylation sites (tertiary alicyclic amines) is 1. The first-order valence-corrected chi connectivity index (χ1v) is 7.81. The minimum Gasteiger partial charge on any atom is -0.456 e. The average Bonchev–Trinajstić information content (AvgIpc) is 3.14. The van der Waals surface area contributed by atoms with Crippen molar-refractivity contribution in [2.24, 2.45) is 11.3 Å². The number of nitrogens with zero attached hydrogens (tertiary/aromatic N) is 1. The highest BCUT2D eigenvalue weighted by molar-refractivity contribution is 5.93. The Labute approximate surface area is 134 Å². The number of rotatable bonds is 3. The van der Waals surface area contributed by atoms with Crippen molar-refractivity contribution >= 4 is 11.8 Å².